The second-order valence-corrected chi connectivity index (χ2v) is 6.34. The van der Waals surface area contributed by atoms with Crippen molar-refractivity contribution in [3.63, 3.8) is 0 Å². The molecule has 1 fully saturated rings. The molecule has 0 bridgehead atoms. The summed E-state index contributed by atoms with van der Waals surface area (Å²) in [5.41, 5.74) is 0. The van der Waals surface area contributed by atoms with E-state index in [1.807, 2.05) is 17.1 Å². The Morgan fingerprint density at radius 3 is 2.92 bits per heavy atom. The number of rotatable bonds is 10. The second kappa shape index (κ2) is 12.8. The molecule has 0 saturated carbocycles. The normalized spacial score (nSPS) is 19.2. The standard InChI is InChI=1S/C20H31NO3/c1-2-3-7-12-19(23)15-14-18-11-10-13-20(24)21(18)16-8-5-4-6-9-17-22/h14-15,17-19,23H,2-4,6-7,9-13,16H2,1H3/b15-14+/t18-,19?/m1/s1. The molecule has 0 aromatic rings. The topological polar surface area (TPSA) is 57.6 Å². The van der Waals surface area contributed by atoms with Gasteiger partial charge in [0.15, 0.2) is 0 Å². The highest BCUT2D eigenvalue weighted by Gasteiger charge is 2.25. The fraction of sp³-hybridized carbons (Fsp3) is 0.700. The molecule has 1 aliphatic rings. The maximum Gasteiger partial charge on any atom is 0.223 e. The molecule has 0 radical (unpaired) electrons. The predicted octanol–water partition coefficient (Wildman–Crippen LogP) is 3.24. The molecule has 1 saturated heterocycles. The lowest BCUT2D eigenvalue weighted by molar-refractivity contribution is -0.134. The lowest BCUT2D eigenvalue weighted by Crippen LogP contribution is -2.42. The van der Waals surface area contributed by atoms with Crippen molar-refractivity contribution in [2.24, 2.45) is 0 Å². The molecular weight excluding hydrogens is 302 g/mol. The molecule has 2 atom stereocenters. The lowest BCUT2D eigenvalue weighted by Gasteiger charge is -2.32. The van der Waals surface area contributed by atoms with E-state index >= 15 is 0 Å². The molecule has 0 aliphatic carbocycles. The number of aldehydes is 1. The van der Waals surface area contributed by atoms with Crippen LogP contribution in [0.15, 0.2) is 12.2 Å². The van der Waals surface area contributed by atoms with Gasteiger partial charge < -0.3 is 14.8 Å². The number of carbonyl (C=O) groups is 2. The van der Waals surface area contributed by atoms with E-state index in [9.17, 15) is 14.7 Å². The summed E-state index contributed by atoms with van der Waals surface area (Å²) >= 11 is 0. The van der Waals surface area contributed by atoms with Crippen LogP contribution in [-0.4, -0.2) is 40.9 Å². The van der Waals surface area contributed by atoms with Gasteiger partial charge in [-0.2, -0.15) is 0 Å². The van der Waals surface area contributed by atoms with Crippen LogP contribution in [0.4, 0.5) is 0 Å². The minimum Gasteiger partial charge on any atom is -0.389 e. The number of nitrogens with zero attached hydrogens (tertiary/aromatic N) is 1. The number of likely N-dealkylation sites (tertiary alicyclic amines) is 1. The average molecular weight is 333 g/mol. The Morgan fingerprint density at radius 1 is 1.33 bits per heavy atom. The molecule has 1 rings (SSSR count). The molecule has 4 heteroatoms. The van der Waals surface area contributed by atoms with Crippen molar-refractivity contribution in [2.45, 2.75) is 83.3 Å². The fourth-order valence-electron chi connectivity index (χ4n) is 2.81. The van der Waals surface area contributed by atoms with Gasteiger partial charge in [0.2, 0.25) is 5.91 Å². The minimum absolute atomic E-state index is 0.0383. The number of unbranched alkanes of at least 4 members (excludes halogenated alkanes) is 4. The van der Waals surface area contributed by atoms with E-state index in [0.29, 0.717) is 25.8 Å². The monoisotopic (exact) mass is 333 g/mol. The molecule has 4 nitrogen and oxygen atoms in total. The molecule has 134 valence electrons. The zero-order valence-electron chi connectivity index (χ0n) is 14.9. The summed E-state index contributed by atoms with van der Waals surface area (Å²) in [6.45, 7) is 2.58. The van der Waals surface area contributed by atoms with E-state index in [-0.39, 0.29) is 11.9 Å². The molecular formula is C20H31NO3. The Balaban J connectivity index is 2.49. The smallest absolute Gasteiger partial charge is 0.223 e. The van der Waals surface area contributed by atoms with Crippen LogP contribution in [-0.2, 0) is 9.59 Å². The Hall–Kier alpha value is -1.60. The number of amides is 1. The van der Waals surface area contributed by atoms with Gasteiger partial charge in [-0.3, -0.25) is 4.79 Å². The van der Waals surface area contributed by atoms with Crippen molar-refractivity contribution < 1.29 is 14.7 Å². The molecule has 1 aliphatic heterocycles. The van der Waals surface area contributed by atoms with Gasteiger partial charge in [0.25, 0.3) is 0 Å². The number of piperidine rings is 1. The summed E-state index contributed by atoms with van der Waals surface area (Å²) < 4.78 is 0. The third-order valence-electron chi connectivity index (χ3n) is 4.27. The van der Waals surface area contributed by atoms with Crippen molar-refractivity contribution in [1.82, 2.24) is 4.90 Å². The van der Waals surface area contributed by atoms with Crippen LogP contribution in [0.5, 0.6) is 0 Å². The second-order valence-electron chi connectivity index (χ2n) is 6.34. The number of hydrogen-bond donors (Lipinski definition) is 1. The van der Waals surface area contributed by atoms with E-state index in [4.69, 9.17) is 0 Å². The van der Waals surface area contributed by atoms with Gasteiger partial charge in [-0.05, 0) is 25.7 Å². The van der Waals surface area contributed by atoms with Crippen LogP contribution in [0, 0.1) is 11.8 Å². The summed E-state index contributed by atoms with van der Waals surface area (Å²) in [5.74, 6) is 6.22. The summed E-state index contributed by atoms with van der Waals surface area (Å²) in [5, 5.41) is 10.0. The van der Waals surface area contributed by atoms with E-state index in [1.165, 1.54) is 0 Å². The van der Waals surface area contributed by atoms with Crippen LogP contribution in [0.25, 0.3) is 0 Å². The van der Waals surface area contributed by atoms with Gasteiger partial charge in [-0.1, -0.05) is 44.3 Å². The molecule has 1 amide bonds. The molecule has 1 unspecified atom stereocenters. The highest BCUT2D eigenvalue weighted by Crippen LogP contribution is 2.19. The van der Waals surface area contributed by atoms with Gasteiger partial charge in [0.05, 0.1) is 18.7 Å². The number of aliphatic hydroxyl groups excluding tert-OH is 1. The number of aliphatic hydroxyl groups is 1. The van der Waals surface area contributed by atoms with E-state index in [1.54, 1.807) is 0 Å². The average Bonchev–Trinajstić information content (AvgIpc) is 2.58. The molecule has 1 heterocycles. The van der Waals surface area contributed by atoms with Crippen molar-refractivity contribution in [3.8, 4) is 11.8 Å². The first-order valence-corrected chi connectivity index (χ1v) is 9.24. The maximum absolute atomic E-state index is 12.1. The van der Waals surface area contributed by atoms with E-state index < -0.39 is 6.10 Å². The van der Waals surface area contributed by atoms with Crippen LogP contribution < -0.4 is 0 Å². The van der Waals surface area contributed by atoms with Gasteiger partial charge >= 0.3 is 0 Å². The van der Waals surface area contributed by atoms with Gasteiger partial charge in [-0.25, -0.2) is 0 Å². The summed E-state index contributed by atoms with van der Waals surface area (Å²) in [6, 6.07) is 0.0383. The quantitative estimate of drug-likeness (QED) is 0.289. The highest BCUT2D eigenvalue weighted by molar-refractivity contribution is 5.77. The van der Waals surface area contributed by atoms with E-state index in [2.05, 4.69) is 18.8 Å². The molecule has 1 N–H and O–H groups in total. The van der Waals surface area contributed by atoms with Crippen LogP contribution in [0.2, 0.25) is 0 Å². The Morgan fingerprint density at radius 2 is 2.17 bits per heavy atom. The predicted molar refractivity (Wildman–Crippen MR) is 96.3 cm³/mol. The zero-order chi connectivity index (χ0) is 17.6. The Labute approximate surface area is 146 Å². The molecule has 0 aromatic carbocycles. The van der Waals surface area contributed by atoms with Crippen molar-refractivity contribution >= 4 is 12.2 Å². The summed E-state index contributed by atoms with van der Waals surface area (Å²) in [4.78, 5) is 24.2. The third-order valence-corrected chi connectivity index (χ3v) is 4.27. The Bertz CT molecular complexity index is 461. The number of carbonyl (C=O) groups excluding carboxylic acids is 2. The summed E-state index contributed by atoms with van der Waals surface area (Å²) in [6.07, 6.45) is 12.8. The molecule has 24 heavy (non-hydrogen) atoms. The fourth-order valence-corrected chi connectivity index (χ4v) is 2.81. The lowest BCUT2D eigenvalue weighted by atomic mass is 10.00. The van der Waals surface area contributed by atoms with Crippen molar-refractivity contribution in [3.05, 3.63) is 12.2 Å². The maximum atomic E-state index is 12.1. The van der Waals surface area contributed by atoms with Crippen molar-refractivity contribution in [2.75, 3.05) is 6.54 Å². The van der Waals surface area contributed by atoms with Gasteiger partial charge in [0.1, 0.15) is 6.29 Å². The minimum atomic E-state index is -0.426. The van der Waals surface area contributed by atoms with E-state index in [0.717, 1.165) is 51.2 Å². The molecule has 0 aromatic heterocycles. The van der Waals surface area contributed by atoms with Crippen LogP contribution in [0.3, 0.4) is 0 Å². The van der Waals surface area contributed by atoms with Crippen LogP contribution in [0.1, 0.15) is 71.1 Å². The first-order valence-electron chi connectivity index (χ1n) is 9.24. The number of hydrogen-bond acceptors (Lipinski definition) is 3. The Kier molecular flexibility index (Phi) is 10.9. The van der Waals surface area contributed by atoms with Gasteiger partial charge in [-0.15, -0.1) is 5.92 Å². The highest BCUT2D eigenvalue weighted by atomic mass is 16.3. The zero-order valence-corrected chi connectivity index (χ0v) is 14.9. The molecule has 0 spiro atoms. The van der Waals surface area contributed by atoms with Crippen molar-refractivity contribution in [1.29, 1.82) is 0 Å². The first-order chi connectivity index (χ1) is 11.7. The third kappa shape index (κ3) is 8.31. The first kappa shape index (κ1) is 20.4. The van der Waals surface area contributed by atoms with Crippen LogP contribution >= 0.6 is 0 Å². The SMILES string of the molecule is CCCCCC(O)/C=C/[C@H]1CCCC(=O)N1CC#CCCCC=O. The largest absolute Gasteiger partial charge is 0.389 e. The summed E-state index contributed by atoms with van der Waals surface area (Å²) in [7, 11) is 0. The van der Waals surface area contributed by atoms with Gasteiger partial charge in [0, 0.05) is 19.3 Å².